The third-order valence-electron chi connectivity index (χ3n) is 5.28. The number of hydrogen-bond donors (Lipinski definition) is 1. The molecule has 0 amide bonds. The quantitative estimate of drug-likeness (QED) is 0.894. The van der Waals surface area contributed by atoms with Crippen molar-refractivity contribution in [3.63, 3.8) is 0 Å². The van der Waals surface area contributed by atoms with Crippen LogP contribution in [0.25, 0.3) is 0 Å². The van der Waals surface area contributed by atoms with Crippen LogP contribution < -0.4 is 19.5 Å². The summed E-state index contributed by atoms with van der Waals surface area (Å²) in [6.07, 6.45) is 0.983. The molecule has 0 aromatic heterocycles. The molecule has 138 valence electrons. The van der Waals surface area contributed by atoms with E-state index in [1.54, 1.807) is 7.11 Å². The Bertz CT molecular complexity index is 802. The van der Waals surface area contributed by atoms with Crippen molar-refractivity contribution in [3.05, 3.63) is 47.0 Å². The van der Waals surface area contributed by atoms with E-state index in [2.05, 4.69) is 61.4 Å². The molecule has 1 unspecified atom stereocenters. The van der Waals surface area contributed by atoms with Crippen LogP contribution in [0, 0.1) is 0 Å². The van der Waals surface area contributed by atoms with Gasteiger partial charge in [0.25, 0.3) is 0 Å². The van der Waals surface area contributed by atoms with Gasteiger partial charge in [-0.05, 0) is 48.7 Å². The number of anilines is 1. The molecule has 2 aromatic carbocycles. The normalized spacial score (nSPS) is 18.7. The second-order valence-corrected chi connectivity index (χ2v) is 7.27. The van der Waals surface area contributed by atoms with Crippen LogP contribution in [0.5, 0.6) is 17.2 Å². The fourth-order valence-corrected chi connectivity index (χ4v) is 3.74. The van der Waals surface area contributed by atoms with Gasteiger partial charge in [-0.2, -0.15) is 0 Å². The first-order valence-corrected chi connectivity index (χ1v) is 9.14. The van der Waals surface area contributed by atoms with Gasteiger partial charge >= 0.3 is 0 Å². The minimum Gasteiger partial charge on any atom is -0.492 e. The van der Waals surface area contributed by atoms with Crippen LogP contribution in [0.3, 0.4) is 0 Å². The number of benzene rings is 2. The van der Waals surface area contributed by atoms with Crippen LogP contribution in [0.2, 0.25) is 0 Å². The molecule has 2 aliphatic rings. The lowest BCUT2D eigenvalue weighted by molar-refractivity contribution is 0.170. The Morgan fingerprint density at radius 3 is 2.65 bits per heavy atom. The summed E-state index contributed by atoms with van der Waals surface area (Å²) >= 11 is 0. The predicted molar refractivity (Wildman–Crippen MR) is 102 cm³/mol. The zero-order valence-corrected chi connectivity index (χ0v) is 15.8. The molecule has 2 heterocycles. The summed E-state index contributed by atoms with van der Waals surface area (Å²) in [7, 11) is 3.83. The number of fused-ring (bicyclic) bond motifs is 2. The molecule has 26 heavy (non-hydrogen) atoms. The van der Waals surface area contributed by atoms with Crippen LogP contribution in [0.15, 0.2) is 30.3 Å². The summed E-state index contributed by atoms with van der Waals surface area (Å²) in [6.45, 7) is 5.64. The molecule has 4 rings (SSSR count). The van der Waals surface area contributed by atoms with Crippen LogP contribution >= 0.6 is 0 Å². The Balaban J connectivity index is 1.71. The zero-order chi connectivity index (χ0) is 18.3. The van der Waals surface area contributed by atoms with Gasteiger partial charge in [-0.15, -0.1) is 0 Å². The van der Waals surface area contributed by atoms with Crippen molar-refractivity contribution in [2.75, 3.05) is 32.8 Å². The smallest absolute Gasteiger partial charge is 0.231 e. The lowest BCUT2D eigenvalue weighted by Gasteiger charge is -2.36. The van der Waals surface area contributed by atoms with Gasteiger partial charge in [0.1, 0.15) is 6.17 Å². The molecule has 2 aromatic rings. The number of nitrogens with one attached hydrogen (secondary N) is 1. The van der Waals surface area contributed by atoms with E-state index in [9.17, 15) is 0 Å². The Kier molecular flexibility index (Phi) is 4.41. The maximum absolute atomic E-state index is 5.75. The van der Waals surface area contributed by atoms with E-state index in [1.807, 2.05) is 0 Å². The zero-order valence-electron chi connectivity index (χ0n) is 15.8. The molecule has 0 saturated carbocycles. The monoisotopic (exact) mass is 354 g/mol. The van der Waals surface area contributed by atoms with E-state index in [0.717, 1.165) is 35.7 Å². The first-order valence-electron chi connectivity index (χ1n) is 9.14. The summed E-state index contributed by atoms with van der Waals surface area (Å²) in [4.78, 5) is 2.31. The second kappa shape index (κ2) is 6.72. The maximum Gasteiger partial charge on any atom is 0.231 e. The molecular formula is C21H26N2O3. The van der Waals surface area contributed by atoms with Crippen LogP contribution in [-0.4, -0.2) is 32.4 Å². The van der Waals surface area contributed by atoms with Crippen LogP contribution in [-0.2, 0) is 6.42 Å². The maximum atomic E-state index is 5.75. The summed E-state index contributed by atoms with van der Waals surface area (Å²) in [5, 5.41) is 3.67. The minimum atomic E-state index is 0.0214. The van der Waals surface area contributed by atoms with Gasteiger partial charge in [-0.25, -0.2) is 0 Å². The van der Waals surface area contributed by atoms with Crippen molar-refractivity contribution < 1.29 is 14.2 Å². The summed E-state index contributed by atoms with van der Waals surface area (Å²) in [6, 6.07) is 10.8. The van der Waals surface area contributed by atoms with Crippen molar-refractivity contribution in [2.24, 2.45) is 0 Å². The van der Waals surface area contributed by atoms with Gasteiger partial charge in [0.15, 0.2) is 11.5 Å². The van der Waals surface area contributed by atoms with E-state index >= 15 is 0 Å². The second-order valence-electron chi connectivity index (χ2n) is 7.27. The molecular weight excluding hydrogens is 328 g/mol. The molecule has 0 aliphatic carbocycles. The van der Waals surface area contributed by atoms with Crippen molar-refractivity contribution in [3.8, 4) is 17.2 Å². The molecule has 0 fully saturated rings. The third kappa shape index (κ3) is 2.86. The average Bonchev–Trinajstić information content (AvgIpc) is 3.11. The number of likely N-dealkylation sites (N-methyl/N-ethyl adjacent to an activating group) is 1. The summed E-state index contributed by atoms with van der Waals surface area (Å²) in [5.74, 6) is 2.80. The van der Waals surface area contributed by atoms with Gasteiger partial charge in [0, 0.05) is 17.8 Å². The molecule has 5 heteroatoms. The van der Waals surface area contributed by atoms with Gasteiger partial charge in [-0.3, -0.25) is 4.90 Å². The lowest BCUT2D eigenvalue weighted by atomic mass is 9.94. The highest BCUT2D eigenvalue weighted by Gasteiger charge is 2.33. The third-order valence-corrected chi connectivity index (χ3v) is 5.28. The number of nitrogens with zero attached hydrogens (tertiary/aromatic N) is 1. The Hall–Kier alpha value is -2.40. The predicted octanol–water partition coefficient (Wildman–Crippen LogP) is 4.15. The standard InChI is InChI=1S/C21H26N2O3/c1-13(2)14-5-7-16(8-6-14)22-21-18-15(9-10-23(21)3)11-17-19(20(18)24-4)26-12-25-17/h5-8,11,13,21-22H,9-10,12H2,1-4H3. The van der Waals surface area contributed by atoms with E-state index in [0.29, 0.717) is 11.7 Å². The molecule has 1 atom stereocenters. The van der Waals surface area contributed by atoms with Gasteiger partial charge in [0.05, 0.1) is 7.11 Å². The minimum absolute atomic E-state index is 0.0214. The fourth-order valence-electron chi connectivity index (χ4n) is 3.74. The van der Waals surface area contributed by atoms with E-state index in [4.69, 9.17) is 14.2 Å². The van der Waals surface area contributed by atoms with Crippen molar-refractivity contribution in [1.82, 2.24) is 4.90 Å². The van der Waals surface area contributed by atoms with Crippen molar-refractivity contribution in [1.29, 1.82) is 0 Å². The van der Waals surface area contributed by atoms with E-state index < -0.39 is 0 Å². The molecule has 2 aliphatic heterocycles. The largest absolute Gasteiger partial charge is 0.492 e. The highest BCUT2D eigenvalue weighted by molar-refractivity contribution is 5.63. The molecule has 0 spiro atoms. The first kappa shape index (κ1) is 17.0. The summed E-state index contributed by atoms with van der Waals surface area (Å²) < 4.78 is 17.0. The number of hydrogen-bond acceptors (Lipinski definition) is 5. The Morgan fingerprint density at radius 1 is 1.19 bits per heavy atom. The van der Waals surface area contributed by atoms with Crippen LogP contribution in [0.1, 0.15) is 42.6 Å². The van der Waals surface area contributed by atoms with E-state index in [1.165, 1.54) is 11.1 Å². The topological polar surface area (TPSA) is 43.0 Å². The number of rotatable bonds is 4. The number of methoxy groups -OCH3 is 1. The molecule has 0 saturated heterocycles. The van der Waals surface area contributed by atoms with Gasteiger partial charge < -0.3 is 19.5 Å². The van der Waals surface area contributed by atoms with Gasteiger partial charge in [0.2, 0.25) is 12.5 Å². The Morgan fingerprint density at radius 2 is 1.96 bits per heavy atom. The average molecular weight is 354 g/mol. The van der Waals surface area contributed by atoms with E-state index in [-0.39, 0.29) is 13.0 Å². The Labute approximate surface area is 154 Å². The number of ether oxygens (including phenoxy) is 3. The highest BCUT2D eigenvalue weighted by Crippen LogP contribution is 2.49. The first-order chi connectivity index (χ1) is 12.6. The SMILES string of the molecule is COc1c2c(cc3c1C(Nc1ccc(C(C)C)cc1)N(C)CC3)OCO2. The van der Waals surface area contributed by atoms with Crippen molar-refractivity contribution >= 4 is 5.69 Å². The fraction of sp³-hybridized carbons (Fsp3) is 0.429. The van der Waals surface area contributed by atoms with Crippen molar-refractivity contribution in [2.45, 2.75) is 32.4 Å². The molecule has 5 nitrogen and oxygen atoms in total. The van der Waals surface area contributed by atoms with Gasteiger partial charge in [-0.1, -0.05) is 26.0 Å². The highest BCUT2D eigenvalue weighted by atomic mass is 16.7. The molecule has 0 radical (unpaired) electrons. The summed E-state index contributed by atoms with van der Waals surface area (Å²) in [5.41, 5.74) is 4.83. The molecule has 1 N–H and O–H groups in total. The van der Waals surface area contributed by atoms with Crippen LogP contribution in [0.4, 0.5) is 5.69 Å². The molecule has 0 bridgehead atoms. The lowest BCUT2D eigenvalue weighted by Crippen LogP contribution is -2.37.